The fourth-order valence-corrected chi connectivity index (χ4v) is 4.32. The molecule has 0 bridgehead atoms. The van der Waals surface area contributed by atoms with Gasteiger partial charge in [-0.1, -0.05) is 5.92 Å². The van der Waals surface area contributed by atoms with E-state index in [4.69, 9.17) is 15.6 Å². The summed E-state index contributed by atoms with van der Waals surface area (Å²) in [6, 6.07) is 6.95. The maximum Gasteiger partial charge on any atom is 0.249 e. The Bertz CT molecular complexity index is 1550. The van der Waals surface area contributed by atoms with Crippen molar-refractivity contribution in [2.45, 2.75) is 26.3 Å². The van der Waals surface area contributed by atoms with Gasteiger partial charge in [-0.2, -0.15) is 14.5 Å². The van der Waals surface area contributed by atoms with Gasteiger partial charge < -0.3 is 20.5 Å². The molecule has 4 rings (SSSR count). The molecule has 0 saturated carbocycles. The van der Waals surface area contributed by atoms with Crippen LogP contribution in [-0.4, -0.2) is 44.6 Å². The molecule has 12 heteroatoms. The molecule has 2 aromatic carbocycles. The van der Waals surface area contributed by atoms with Crippen LogP contribution in [-0.2, 0) is 4.79 Å². The van der Waals surface area contributed by atoms with Gasteiger partial charge in [-0.25, -0.2) is 13.2 Å². The molecular formula is C27H23F4N5O3. The van der Waals surface area contributed by atoms with E-state index in [1.807, 2.05) is 0 Å². The highest BCUT2D eigenvalue weighted by Crippen LogP contribution is 2.35. The topological polar surface area (TPSA) is 106 Å². The van der Waals surface area contributed by atoms with E-state index in [0.29, 0.717) is 42.6 Å². The number of nitrogens with two attached hydrogens (primary N) is 1. The summed E-state index contributed by atoms with van der Waals surface area (Å²) in [4.78, 5) is 17.7. The molecule has 1 saturated heterocycles. The normalized spacial score (nSPS) is 15.5. The number of aliphatic hydroxyl groups is 1. The number of halogens is 4. The van der Waals surface area contributed by atoms with Crippen molar-refractivity contribution in [2.24, 2.45) is 10.7 Å². The molecular weight excluding hydrogens is 518 g/mol. The number of aliphatic imine (C=N–C) groups is 1. The molecule has 1 amide bonds. The first-order valence-corrected chi connectivity index (χ1v) is 11.7. The van der Waals surface area contributed by atoms with Crippen LogP contribution >= 0.6 is 0 Å². The first-order chi connectivity index (χ1) is 18.7. The van der Waals surface area contributed by atoms with Crippen LogP contribution in [0.15, 0.2) is 47.7 Å². The monoisotopic (exact) mass is 541 g/mol. The highest BCUT2D eigenvalue weighted by molar-refractivity contribution is 6.04. The van der Waals surface area contributed by atoms with Crippen LogP contribution < -0.4 is 10.5 Å². The van der Waals surface area contributed by atoms with Gasteiger partial charge in [0.1, 0.15) is 23.1 Å². The van der Waals surface area contributed by atoms with Crippen LogP contribution in [0, 0.1) is 42.2 Å². The van der Waals surface area contributed by atoms with E-state index in [1.165, 1.54) is 17.0 Å². The lowest BCUT2D eigenvalue weighted by molar-refractivity contribution is -0.125. The third kappa shape index (κ3) is 5.43. The lowest BCUT2D eigenvalue weighted by Gasteiger charge is -2.15. The number of aliphatic hydroxyl groups excluding tert-OH is 1. The lowest BCUT2D eigenvalue weighted by Crippen LogP contribution is -2.27. The molecule has 0 spiro atoms. The van der Waals surface area contributed by atoms with Gasteiger partial charge >= 0.3 is 0 Å². The predicted octanol–water partition coefficient (Wildman–Crippen LogP) is 4.74. The number of amides is 1. The van der Waals surface area contributed by atoms with Gasteiger partial charge in [0.05, 0.1) is 17.9 Å². The molecule has 39 heavy (non-hydrogen) atoms. The second-order valence-corrected chi connectivity index (χ2v) is 8.57. The van der Waals surface area contributed by atoms with Gasteiger partial charge in [-0.15, -0.1) is 0 Å². The molecule has 1 aliphatic heterocycles. The summed E-state index contributed by atoms with van der Waals surface area (Å²) in [5, 5.41) is 13.5. The van der Waals surface area contributed by atoms with Gasteiger partial charge in [0.2, 0.25) is 17.5 Å². The highest BCUT2D eigenvalue weighted by Gasteiger charge is 2.31. The van der Waals surface area contributed by atoms with E-state index in [0.717, 1.165) is 12.1 Å². The fourth-order valence-electron chi connectivity index (χ4n) is 4.32. The molecule has 2 heterocycles. The fraction of sp³-hybridized carbons (Fsp3) is 0.222. The molecule has 1 unspecified atom stereocenters. The molecule has 3 N–H and O–H groups in total. The van der Waals surface area contributed by atoms with Gasteiger partial charge in [0, 0.05) is 42.5 Å². The van der Waals surface area contributed by atoms with Crippen LogP contribution in [0.3, 0.4) is 0 Å². The Hall–Kier alpha value is -4.79. The smallest absolute Gasteiger partial charge is 0.249 e. The number of hydrogen-bond acceptors (Lipinski definition) is 5. The van der Waals surface area contributed by atoms with Crippen LogP contribution in [0.25, 0.3) is 11.3 Å². The summed E-state index contributed by atoms with van der Waals surface area (Å²) in [7, 11) is 0. The van der Waals surface area contributed by atoms with E-state index < -0.39 is 29.0 Å². The van der Waals surface area contributed by atoms with Crippen LogP contribution in [0.4, 0.5) is 17.6 Å². The molecule has 8 nitrogen and oxygen atoms in total. The first-order valence-electron chi connectivity index (χ1n) is 11.7. The summed E-state index contributed by atoms with van der Waals surface area (Å²) in [5.41, 5.74) is 7.17. The number of amidine groups is 1. The maximum atomic E-state index is 15.4. The molecule has 3 aromatic rings. The van der Waals surface area contributed by atoms with Crippen LogP contribution in [0.2, 0.25) is 0 Å². The Labute approximate surface area is 221 Å². The van der Waals surface area contributed by atoms with Crippen molar-refractivity contribution in [2.75, 3.05) is 13.1 Å². The van der Waals surface area contributed by atoms with Crippen molar-refractivity contribution in [1.82, 2.24) is 14.7 Å². The zero-order valence-electron chi connectivity index (χ0n) is 20.9. The standard InChI is InChI=1S/C27H23F4N5O3/c1-3-10-33-27(32)23-15(2)36(16-8-11-35(14-16)22(38)9-12-37)34-25(23)18-5-4-17(13-21(18)30)39-26-20(29)7-6-19(28)24(26)31/h4-7,9,12-13,16,37H,8,11,14H2,1-2H3,(H2,32,33)/b12-9-. The van der Waals surface area contributed by atoms with Crippen molar-refractivity contribution in [1.29, 1.82) is 0 Å². The number of rotatable bonds is 6. The van der Waals surface area contributed by atoms with Crippen LogP contribution in [0.1, 0.15) is 30.6 Å². The molecule has 202 valence electrons. The SMILES string of the molecule is CC#CN=C(N)c1c(-c2ccc(Oc3c(F)ccc(F)c3F)cc2F)nn(C2CCN(C(=O)/C=C\O)C2)c1C. The highest BCUT2D eigenvalue weighted by atomic mass is 19.2. The van der Waals surface area contributed by atoms with Gasteiger partial charge in [0.15, 0.2) is 11.6 Å². The Morgan fingerprint density at radius 2 is 1.95 bits per heavy atom. The minimum absolute atomic E-state index is 0.0131. The van der Waals surface area contributed by atoms with Crippen molar-refractivity contribution >= 4 is 11.7 Å². The van der Waals surface area contributed by atoms with Crippen LogP contribution in [0.5, 0.6) is 11.5 Å². The Morgan fingerprint density at radius 3 is 2.64 bits per heavy atom. The molecule has 0 aliphatic carbocycles. The zero-order chi connectivity index (χ0) is 28.3. The quantitative estimate of drug-likeness (QED) is 0.0892. The average Bonchev–Trinajstić information content (AvgIpc) is 3.52. The number of aromatic nitrogens is 2. The zero-order valence-corrected chi connectivity index (χ0v) is 20.9. The summed E-state index contributed by atoms with van der Waals surface area (Å²) in [6.45, 7) is 3.99. The first kappa shape index (κ1) is 27.3. The average molecular weight is 542 g/mol. The van der Waals surface area contributed by atoms with Crippen molar-refractivity contribution < 1.29 is 32.2 Å². The number of likely N-dealkylation sites (tertiary alicyclic amines) is 1. The minimum Gasteiger partial charge on any atom is -0.515 e. The number of benzene rings is 2. The van der Waals surface area contributed by atoms with E-state index in [2.05, 4.69) is 22.1 Å². The lowest BCUT2D eigenvalue weighted by atomic mass is 10.0. The Balaban J connectivity index is 1.74. The number of carbonyl (C=O) groups excluding carboxylic acids is 1. The second kappa shape index (κ2) is 11.3. The van der Waals surface area contributed by atoms with E-state index in [-0.39, 0.29) is 41.3 Å². The van der Waals surface area contributed by atoms with Gasteiger partial charge in [-0.05, 0) is 44.5 Å². The van der Waals surface area contributed by atoms with Crippen molar-refractivity contribution in [3.8, 4) is 34.7 Å². The molecule has 1 atom stereocenters. The summed E-state index contributed by atoms with van der Waals surface area (Å²) in [6.07, 6.45) is 2.26. The number of hydrogen-bond donors (Lipinski definition) is 2. The minimum atomic E-state index is -1.55. The van der Waals surface area contributed by atoms with E-state index >= 15 is 4.39 Å². The molecule has 1 aromatic heterocycles. The summed E-state index contributed by atoms with van der Waals surface area (Å²) < 4.78 is 63.7. The molecule has 0 radical (unpaired) electrons. The maximum absolute atomic E-state index is 15.4. The number of carbonyl (C=O) groups is 1. The van der Waals surface area contributed by atoms with Gasteiger partial charge in [-0.3, -0.25) is 9.48 Å². The predicted molar refractivity (Wildman–Crippen MR) is 135 cm³/mol. The number of ether oxygens (including phenoxy) is 1. The molecule has 1 aliphatic rings. The number of nitrogens with zero attached hydrogens (tertiary/aromatic N) is 4. The Morgan fingerprint density at radius 1 is 1.21 bits per heavy atom. The van der Waals surface area contributed by atoms with Gasteiger partial charge in [0.25, 0.3) is 0 Å². The third-order valence-corrected chi connectivity index (χ3v) is 6.15. The summed E-state index contributed by atoms with van der Waals surface area (Å²) in [5.74, 6) is -3.95. The third-order valence-electron chi connectivity index (χ3n) is 6.15. The second-order valence-electron chi connectivity index (χ2n) is 8.57. The van der Waals surface area contributed by atoms with Crippen molar-refractivity contribution in [3.63, 3.8) is 0 Å². The molecule has 1 fully saturated rings. The largest absolute Gasteiger partial charge is 0.515 e. The van der Waals surface area contributed by atoms with Crippen molar-refractivity contribution in [3.05, 3.63) is 77.2 Å². The van der Waals surface area contributed by atoms with E-state index in [1.54, 1.807) is 18.5 Å². The Kier molecular flexibility index (Phi) is 7.90. The van der Waals surface area contributed by atoms with E-state index in [9.17, 15) is 18.0 Å². The summed E-state index contributed by atoms with van der Waals surface area (Å²) >= 11 is 0.